The summed E-state index contributed by atoms with van der Waals surface area (Å²) >= 11 is 3.24. The molecule has 5 nitrogen and oxygen atoms in total. The van der Waals surface area contributed by atoms with Gasteiger partial charge in [0.25, 0.3) is 5.56 Å². The Morgan fingerprint density at radius 1 is 1.73 bits per heavy atom. The van der Waals surface area contributed by atoms with Crippen molar-refractivity contribution in [2.24, 2.45) is 0 Å². The van der Waals surface area contributed by atoms with E-state index in [4.69, 9.17) is 0 Å². The van der Waals surface area contributed by atoms with E-state index < -0.39 is 0 Å². The predicted octanol–water partition coefficient (Wildman–Crippen LogP) is 0.648. The van der Waals surface area contributed by atoms with Crippen molar-refractivity contribution < 1.29 is 0 Å². The molecule has 2 rings (SSSR count). The lowest BCUT2D eigenvalue weighted by Crippen LogP contribution is -2.25. The molecule has 15 heavy (non-hydrogen) atoms. The molecule has 1 aromatic heterocycles. The maximum Gasteiger partial charge on any atom is 0.280 e. The summed E-state index contributed by atoms with van der Waals surface area (Å²) in [6.07, 6.45) is 2.72. The predicted molar refractivity (Wildman–Crippen MR) is 62.1 cm³/mol. The number of hydrogen-bond donors (Lipinski definition) is 2. The fourth-order valence-corrected chi connectivity index (χ4v) is 2.06. The van der Waals surface area contributed by atoms with Gasteiger partial charge in [-0.3, -0.25) is 4.79 Å². The summed E-state index contributed by atoms with van der Waals surface area (Å²) in [5.74, 6) is 0. The van der Waals surface area contributed by atoms with Crippen molar-refractivity contribution in [2.45, 2.75) is 12.5 Å². The van der Waals surface area contributed by atoms with Crippen molar-refractivity contribution in [1.82, 2.24) is 15.1 Å². The zero-order valence-electron chi connectivity index (χ0n) is 8.46. The second-order valence-electron chi connectivity index (χ2n) is 3.82. The highest BCUT2D eigenvalue weighted by molar-refractivity contribution is 9.10. The first kappa shape index (κ1) is 10.6. The highest BCUT2D eigenvalue weighted by Gasteiger charge is 2.20. The molecule has 1 aliphatic heterocycles. The molecule has 82 valence electrons. The van der Waals surface area contributed by atoms with Gasteiger partial charge in [-0.2, -0.15) is 5.10 Å². The quantitative estimate of drug-likeness (QED) is 0.830. The molecule has 0 bridgehead atoms. The van der Waals surface area contributed by atoms with Gasteiger partial charge in [-0.05, 0) is 35.9 Å². The molecular weight excluding hydrogens is 260 g/mol. The van der Waals surface area contributed by atoms with Gasteiger partial charge in [0.15, 0.2) is 0 Å². The van der Waals surface area contributed by atoms with Crippen LogP contribution < -0.4 is 10.9 Å². The van der Waals surface area contributed by atoms with Crippen molar-refractivity contribution in [3.05, 3.63) is 21.0 Å². The van der Waals surface area contributed by atoms with E-state index >= 15 is 0 Å². The Morgan fingerprint density at radius 3 is 3.20 bits per heavy atom. The van der Waals surface area contributed by atoms with E-state index in [-0.39, 0.29) is 5.56 Å². The van der Waals surface area contributed by atoms with Crippen LogP contribution in [0.5, 0.6) is 0 Å². The van der Waals surface area contributed by atoms with Gasteiger partial charge < -0.3 is 10.2 Å². The number of nitrogens with zero attached hydrogens (tertiary/aromatic N) is 2. The van der Waals surface area contributed by atoms with Crippen LogP contribution in [0.3, 0.4) is 0 Å². The fraction of sp³-hybridized carbons (Fsp3) is 0.556. The third-order valence-electron chi connectivity index (χ3n) is 2.55. The normalized spacial score (nSPS) is 21.9. The van der Waals surface area contributed by atoms with Crippen molar-refractivity contribution in [1.29, 1.82) is 0 Å². The number of halogens is 1. The van der Waals surface area contributed by atoms with E-state index in [1.165, 1.54) is 0 Å². The number of likely N-dealkylation sites (tertiary alicyclic amines) is 1. The lowest BCUT2D eigenvalue weighted by molar-refractivity contribution is 0.414. The lowest BCUT2D eigenvalue weighted by Gasteiger charge is -2.14. The Hall–Kier alpha value is -0.880. The second-order valence-corrected chi connectivity index (χ2v) is 4.61. The summed E-state index contributed by atoms with van der Waals surface area (Å²) in [6, 6.07) is 0.398. The van der Waals surface area contributed by atoms with Crippen molar-refractivity contribution in [2.75, 3.05) is 25.5 Å². The Labute approximate surface area is 96.0 Å². The van der Waals surface area contributed by atoms with Gasteiger partial charge >= 0.3 is 0 Å². The second kappa shape index (κ2) is 4.32. The minimum Gasteiger partial charge on any atom is -0.379 e. The largest absolute Gasteiger partial charge is 0.379 e. The number of anilines is 1. The van der Waals surface area contributed by atoms with E-state index in [1.54, 1.807) is 6.20 Å². The highest BCUT2D eigenvalue weighted by atomic mass is 79.9. The van der Waals surface area contributed by atoms with Gasteiger partial charge in [0.2, 0.25) is 0 Å². The molecule has 1 unspecified atom stereocenters. The van der Waals surface area contributed by atoms with Crippen molar-refractivity contribution in [3.8, 4) is 0 Å². The molecule has 1 atom stereocenters. The summed E-state index contributed by atoms with van der Waals surface area (Å²) in [5, 5.41) is 9.44. The maximum atomic E-state index is 11.3. The molecule has 1 fully saturated rings. The maximum absolute atomic E-state index is 11.3. The standard InChI is InChI=1S/C9H13BrN4O/c1-14-3-2-6(5-14)12-7-4-11-13-9(15)8(7)10/h4,6H,2-3,5H2,1H3,(H2,12,13,15). The minimum absolute atomic E-state index is 0.202. The molecule has 2 heterocycles. The van der Waals surface area contributed by atoms with Crippen molar-refractivity contribution in [3.63, 3.8) is 0 Å². The molecule has 0 aromatic carbocycles. The SMILES string of the molecule is CN1CCC(Nc2cn[nH]c(=O)c2Br)C1. The summed E-state index contributed by atoms with van der Waals surface area (Å²) in [4.78, 5) is 13.5. The molecule has 2 N–H and O–H groups in total. The number of aromatic amines is 1. The van der Waals surface area contributed by atoms with E-state index in [0.29, 0.717) is 10.5 Å². The zero-order valence-corrected chi connectivity index (χ0v) is 10.0. The molecule has 0 amide bonds. The summed E-state index contributed by atoms with van der Waals surface area (Å²) in [5.41, 5.74) is 0.561. The first-order valence-corrected chi connectivity index (χ1v) is 5.64. The van der Waals surface area contributed by atoms with Crippen LogP contribution >= 0.6 is 15.9 Å². The molecule has 1 aromatic rings. The van der Waals surface area contributed by atoms with Gasteiger partial charge in [-0.15, -0.1) is 0 Å². The average Bonchev–Trinajstić information content (AvgIpc) is 2.59. The number of likely N-dealkylation sites (N-methyl/N-ethyl adjacent to an activating group) is 1. The zero-order chi connectivity index (χ0) is 10.8. The Bertz CT molecular complexity index is 405. The topological polar surface area (TPSA) is 61.0 Å². The fourth-order valence-electron chi connectivity index (χ4n) is 1.76. The summed E-state index contributed by atoms with van der Waals surface area (Å²) < 4.78 is 0.520. The van der Waals surface area contributed by atoms with Crippen LogP contribution in [0.1, 0.15) is 6.42 Å². The third kappa shape index (κ3) is 2.38. The van der Waals surface area contributed by atoms with Gasteiger partial charge in [-0.1, -0.05) is 0 Å². The van der Waals surface area contributed by atoms with Crippen LogP contribution in [0.15, 0.2) is 15.5 Å². The molecule has 1 saturated heterocycles. The minimum atomic E-state index is -0.202. The number of hydrogen-bond acceptors (Lipinski definition) is 4. The Kier molecular flexibility index (Phi) is 3.06. The van der Waals surface area contributed by atoms with Gasteiger partial charge in [0.05, 0.1) is 11.9 Å². The van der Waals surface area contributed by atoms with Crippen LogP contribution in [-0.4, -0.2) is 41.3 Å². The first-order valence-electron chi connectivity index (χ1n) is 4.85. The smallest absolute Gasteiger partial charge is 0.280 e. The molecule has 0 radical (unpaired) electrons. The number of nitrogens with one attached hydrogen (secondary N) is 2. The Morgan fingerprint density at radius 2 is 2.53 bits per heavy atom. The molecular formula is C9H13BrN4O. The van der Waals surface area contributed by atoms with Crippen LogP contribution in [-0.2, 0) is 0 Å². The molecule has 0 aliphatic carbocycles. The summed E-state index contributed by atoms with van der Waals surface area (Å²) in [7, 11) is 2.09. The monoisotopic (exact) mass is 272 g/mol. The van der Waals surface area contributed by atoms with E-state index in [0.717, 1.165) is 25.2 Å². The highest BCUT2D eigenvalue weighted by Crippen LogP contribution is 2.19. The van der Waals surface area contributed by atoms with Crippen LogP contribution in [0.25, 0.3) is 0 Å². The van der Waals surface area contributed by atoms with E-state index in [2.05, 4.69) is 43.4 Å². The van der Waals surface area contributed by atoms with Crippen molar-refractivity contribution >= 4 is 21.6 Å². The van der Waals surface area contributed by atoms with Crippen LogP contribution in [0, 0.1) is 0 Å². The molecule has 1 aliphatic rings. The molecule has 0 spiro atoms. The lowest BCUT2D eigenvalue weighted by atomic mass is 10.2. The first-order chi connectivity index (χ1) is 7.16. The average molecular weight is 273 g/mol. The van der Waals surface area contributed by atoms with E-state index in [1.807, 2.05) is 0 Å². The van der Waals surface area contributed by atoms with Crippen LogP contribution in [0.2, 0.25) is 0 Å². The summed E-state index contributed by atoms with van der Waals surface area (Å²) in [6.45, 7) is 2.09. The third-order valence-corrected chi connectivity index (χ3v) is 3.33. The molecule has 6 heteroatoms. The Balaban J connectivity index is 2.11. The number of rotatable bonds is 2. The van der Waals surface area contributed by atoms with Crippen LogP contribution in [0.4, 0.5) is 5.69 Å². The van der Waals surface area contributed by atoms with E-state index in [9.17, 15) is 4.79 Å². The number of aromatic nitrogens is 2. The van der Waals surface area contributed by atoms with Gasteiger partial charge in [-0.25, -0.2) is 5.10 Å². The van der Waals surface area contributed by atoms with Gasteiger partial charge in [0.1, 0.15) is 4.47 Å². The van der Waals surface area contributed by atoms with Gasteiger partial charge in [0, 0.05) is 12.6 Å². The molecule has 0 saturated carbocycles. The number of H-pyrrole nitrogens is 1.